The van der Waals surface area contributed by atoms with Gasteiger partial charge >= 0.3 is 0 Å². The lowest BCUT2D eigenvalue weighted by atomic mass is 10.0. The van der Waals surface area contributed by atoms with E-state index in [0.717, 1.165) is 16.7 Å². The van der Waals surface area contributed by atoms with Crippen molar-refractivity contribution in [2.45, 2.75) is 39.8 Å². The second-order valence-corrected chi connectivity index (χ2v) is 9.47. The molecule has 0 saturated carbocycles. The first-order valence-corrected chi connectivity index (χ1v) is 12.2. The van der Waals surface area contributed by atoms with E-state index in [1.165, 1.54) is 0 Å². The Labute approximate surface area is 213 Å². The first-order valence-electron chi connectivity index (χ1n) is 11.9. The fourth-order valence-electron chi connectivity index (χ4n) is 3.65. The second kappa shape index (κ2) is 13.0. The topological polar surface area (TPSA) is 58.6 Å². The van der Waals surface area contributed by atoms with Crippen LogP contribution in [0.15, 0.2) is 78.9 Å². The Morgan fingerprint density at radius 2 is 1.60 bits per heavy atom. The highest BCUT2D eigenvalue weighted by Gasteiger charge is 2.31. The third-order valence-corrected chi connectivity index (χ3v) is 6.01. The number of nitrogens with one attached hydrogen (secondary N) is 1. The number of aryl methyl sites for hydroxylation is 1. The molecule has 0 saturated heterocycles. The Bertz CT molecular complexity index is 1100. The number of ether oxygens (including phenoxy) is 1. The summed E-state index contributed by atoms with van der Waals surface area (Å²) >= 11 is 6.44. The van der Waals surface area contributed by atoms with E-state index < -0.39 is 6.04 Å². The smallest absolute Gasteiger partial charge is 0.261 e. The molecule has 184 valence electrons. The first-order chi connectivity index (χ1) is 16.8. The van der Waals surface area contributed by atoms with Crippen molar-refractivity contribution in [1.82, 2.24) is 10.2 Å². The van der Waals surface area contributed by atoms with Crippen LogP contribution in [0.2, 0.25) is 5.02 Å². The summed E-state index contributed by atoms with van der Waals surface area (Å²) in [7, 11) is 0. The van der Waals surface area contributed by atoms with Crippen LogP contribution < -0.4 is 10.1 Å². The molecule has 0 bridgehead atoms. The summed E-state index contributed by atoms with van der Waals surface area (Å²) in [5.41, 5.74) is 2.84. The van der Waals surface area contributed by atoms with E-state index in [1.807, 2.05) is 93.6 Å². The average molecular weight is 493 g/mol. The number of amides is 2. The van der Waals surface area contributed by atoms with Crippen LogP contribution in [0.25, 0.3) is 0 Å². The van der Waals surface area contributed by atoms with Gasteiger partial charge in [-0.2, -0.15) is 0 Å². The van der Waals surface area contributed by atoms with Crippen LogP contribution in [0.5, 0.6) is 5.75 Å². The number of carbonyl (C=O) groups is 2. The molecule has 3 rings (SSSR count). The molecule has 0 spiro atoms. The number of hydrogen-bond donors (Lipinski definition) is 1. The maximum Gasteiger partial charge on any atom is 0.261 e. The summed E-state index contributed by atoms with van der Waals surface area (Å²) in [6.07, 6.45) is 0.380. The van der Waals surface area contributed by atoms with E-state index in [4.69, 9.17) is 16.3 Å². The van der Waals surface area contributed by atoms with Gasteiger partial charge in [0.15, 0.2) is 6.61 Å². The molecule has 0 aliphatic heterocycles. The van der Waals surface area contributed by atoms with Crippen LogP contribution in [0.4, 0.5) is 0 Å². The molecule has 2 amide bonds. The predicted octanol–water partition coefficient (Wildman–Crippen LogP) is 5.44. The maximum absolute atomic E-state index is 13.6. The Balaban J connectivity index is 1.90. The van der Waals surface area contributed by atoms with Gasteiger partial charge in [-0.25, -0.2) is 0 Å². The zero-order valence-corrected chi connectivity index (χ0v) is 21.3. The van der Waals surface area contributed by atoms with E-state index in [-0.39, 0.29) is 30.9 Å². The van der Waals surface area contributed by atoms with Crippen molar-refractivity contribution in [1.29, 1.82) is 0 Å². The molecule has 3 aromatic rings. The normalized spacial score (nSPS) is 11.7. The molecule has 1 unspecified atom stereocenters. The van der Waals surface area contributed by atoms with Crippen molar-refractivity contribution in [3.63, 3.8) is 0 Å². The molecular weight excluding hydrogens is 460 g/mol. The molecule has 1 atom stereocenters. The van der Waals surface area contributed by atoms with Crippen LogP contribution in [-0.4, -0.2) is 35.9 Å². The number of halogens is 1. The van der Waals surface area contributed by atoms with E-state index >= 15 is 0 Å². The number of nitrogens with zero attached hydrogens (tertiary/aromatic N) is 1. The van der Waals surface area contributed by atoms with Gasteiger partial charge in [-0.3, -0.25) is 9.59 Å². The number of hydrogen-bond acceptors (Lipinski definition) is 3. The second-order valence-electron chi connectivity index (χ2n) is 9.06. The highest BCUT2D eigenvalue weighted by molar-refractivity contribution is 6.31. The maximum atomic E-state index is 13.6. The van der Waals surface area contributed by atoms with Gasteiger partial charge in [-0.1, -0.05) is 91.7 Å². The Morgan fingerprint density at radius 3 is 2.26 bits per heavy atom. The lowest BCUT2D eigenvalue weighted by Gasteiger charge is -2.32. The molecule has 0 aromatic heterocycles. The third-order valence-electron chi connectivity index (χ3n) is 5.64. The molecular formula is C29H33ClN2O3. The standard InChI is InChI=1S/C29H33ClN2O3/c1-21(2)18-31-29(34)27(17-23-9-5-4-6-10-23)32(19-24-11-7-8-12-26(24)30)28(33)20-35-25-15-13-22(3)14-16-25/h4-16,21,27H,17-20H2,1-3H3,(H,31,34). The van der Waals surface area contributed by atoms with Gasteiger partial charge in [0.05, 0.1) is 0 Å². The molecule has 3 aromatic carbocycles. The first kappa shape index (κ1) is 26.3. The van der Waals surface area contributed by atoms with Gasteiger partial charge in [0, 0.05) is 24.5 Å². The van der Waals surface area contributed by atoms with Gasteiger partial charge in [-0.15, -0.1) is 0 Å². The molecule has 0 aliphatic carbocycles. The monoisotopic (exact) mass is 492 g/mol. The summed E-state index contributed by atoms with van der Waals surface area (Å²) in [5, 5.41) is 3.56. The predicted molar refractivity (Wildman–Crippen MR) is 140 cm³/mol. The molecule has 1 N–H and O–H groups in total. The zero-order chi connectivity index (χ0) is 25.2. The summed E-state index contributed by atoms with van der Waals surface area (Å²) in [6.45, 7) is 6.60. The Kier molecular flexibility index (Phi) is 9.74. The molecule has 6 heteroatoms. The minimum absolute atomic E-state index is 0.184. The Hall–Kier alpha value is -3.31. The van der Waals surface area contributed by atoms with Gasteiger partial charge in [-0.05, 0) is 42.2 Å². The lowest BCUT2D eigenvalue weighted by molar-refractivity contribution is -0.142. The number of benzene rings is 3. The third kappa shape index (κ3) is 8.15. The average Bonchev–Trinajstić information content (AvgIpc) is 2.85. The number of rotatable bonds is 11. The van der Waals surface area contributed by atoms with Gasteiger partial charge < -0.3 is 15.0 Å². The van der Waals surface area contributed by atoms with Crippen LogP contribution in [0.1, 0.15) is 30.5 Å². The van der Waals surface area contributed by atoms with Crippen LogP contribution in [0.3, 0.4) is 0 Å². The van der Waals surface area contributed by atoms with Crippen molar-refractivity contribution in [2.24, 2.45) is 5.92 Å². The van der Waals surface area contributed by atoms with E-state index in [1.54, 1.807) is 11.0 Å². The zero-order valence-electron chi connectivity index (χ0n) is 20.5. The van der Waals surface area contributed by atoms with Crippen molar-refractivity contribution in [2.75, 3.05) is 13.2 Å². The summed E-state index contributed by atoms with van der Waals surface area (Å²) < 4.78 is 5.79. The van der Waals surface area contributed by atoms with Crippen molar-refractivity contribution >= 4 is 23.4 Å². The van der Waals surface area contributed by atoms with Crippen molar-refractivity contribution in [3.05, 3.63) is 101 Å². The quantitative estimate of drug-likeness (QED) is 0.387. The summed E-state index contributed by atoms with van der Waals surface area (Å²) in [4.78, 5) is 28.5. The van der Waals surface area contributed by atoms with Gasteiger partial charge in [0.1, 0.15) is 11.8 Å². The minimum atomic E-state index is -0.721. The van der Waals surface area contributed by atoms with Crippen LogP contribution in [0, 0.1) is 12.8 Å². The molecule has 0 heterocycles. The fraction of sp³-hybridized carbons (Fsp3) is 0.310. The fourth-order valence-corrected chi connectivity index (χ4v) is 3.84. The lowest BCUT2D eigenvalue weighted by Crippen LogP contribution is -2.52. The van der Waals surface area contributed by atoms with E-state index in [2.05, 4.69) is 5.32 Å². The minimum Gasteiger partial charge on any atom is -0.484 e. The SMILES string of the molecule is Cc1ccc(OCC(=O)N(Cc2ccccc2Cl)C(Cc2ccccc2)C(=O)NCC(C)C)cc1. The molecule has 0 aliphatic rings. The molecule has 0 radical (unpaired) electrons. The highest BCUT2D eigenvalue weighted by Crippen LogP contribution is 2.21. The molecule has 35 heavy (non-hydrogen) atoms. The molecule has 5 nitrogen and oxygen atoms in total. The molecule has 0 fully saturated rings. The van der Waals surface area contributed by atoms with Crippen molar-refractivity contribution in [3.8, 4) is 5.75 Å². The van der Waals surface area contributed by atoms with Gasteiger partial charge in [0.25, 0.3) is 5.91 Å². The van der Waals surface area contributed by atoms with E-state index in [0.29, 0.717) is 23.7 Å². The largest absolute Gasteiger partial charge is 0.484 e. The van der Waals surface area contributed by atoms with E-state index in [9.17, 15) is 9.59 Å². The van der Waals surface area contributed by atoms with Crippen LogP contribution in [-0.2, 0) is 22.6 Å². The Morgan fingerprint density at radius 1 is 0.943 bits per heavy atom. The van der Waals surface area contributed by atoms with Gasteiger partial charge in [0.2, 0.25) is 5.91 Å². The van der Waals surface area contributed by atoms with Crippen LogP contribution >= 0.6 is 11.6 Å². The van der Waals surface area contributed by atoms with Crippen molar-refractivity contribution < 1.29 is 14.3 Å². The highest BCUT2D eigenvalue weighted by atomic mass is 35.5. The summed E-state index contributed by atoms with van der Waals surface area (Å²) in [6, 6.07) is 23.9. The summed E-state index contributed by atoms with van der Waals surface area (Å²) in [5.74, 6) is 0.406. The number of carbonyl (C=O) groups excluding carboxylic acids is 2.